The summed E-state index contributed by atoms with van der Waals surface area (Å²) < 4.78 is 112. The number of nitrogens with one attached hydrogen (secondary N) is 4. The Bertz CT molecular complexity index is 4820. The molecule has 1 saturated heterocycles. The third-order valence-corrected chi connectivity index (χ3v) is 22.5. The van der Waals surface area contributed by atoms with Gasteiger partial charge in [0.25, 0.3) is 0 Å². The van der Waals surface area contributed by atoms with Gasteiger partial charge in [-0.25, -0.2) is 26.3 Å². The van der Waals surface area contributed by atoms with Crippen molar-refractivity contribution in [3.8, 4) is 0 Å². The highest BCUT2D eigenvalue weighted by molar-refractivity contribution is 14.1. The minimum absolute atomic E-state index is 0. The van der Waals surface area contributed by atoms with Crippen LogP contribution in [0, 0.1) is 42.0 Å². The number of fused-ring (bicyclic) bond motifs is 6. The quantitative estimate of drug-likeness (QED) is 0.0481. The van der Waals surface area contributed by atoms with E-state index in [0.29, 0.717) is 31.2 Å². The molecule has 0 bridgehead atoms. The number of rotatable bonds is 9. The Labute approximate surface area is 693 Å². The topological polar surface area (TPSA) is 150 Å². The molecule has 12 aromatic rings. The summed E-state index contributed by atoms with van der Waals surface area (Å²) in [7, 11) is 1.72. The molecule has 5 fully saturated rings. The van der Waals surface area contributed by atoms with Crippen LogP contribution in [0.3, 0.4) is 0 Å². The summed E-state index contributed by atoms with van der Waals surface area (Å²) in [5.41, 5.74) is 9.43. The third kappa shape index (κ3) is 23.0. The lowest BCUT2D eigenvalue weighted by Gasteiger charge is -2.32. The van der Waals surface area contributed by atoms with E-state index >= 15 is 0 Å². The molecule has 4 saturated carbocycles. The molecule has 0 amide bonds. The van der Waals surface area contributed by atoms with E-state index in [2.05, 4.69) is 151 Å². The zero-order valence-electron chi connectivity index (χ0n) is 53.3. The maximum Gasteiger partial charge on any atom is 0.497 e. The Kier molecular flexibility index (Phi) is 38.3. The zero-order valence-corrected chi connectivity index (χ0v) is 65.6. The minimum atomic E-state index is -1.04. The van der Waals surface area contributed by atoms with Crippen LogP contribution in [0.5, 0.6) is 0 Å². The minimum Gasteiger partial charge on any atom is -0.427 e. The first-order valence-electron chi connectivity index (χ1n) is 31.2. The van der Waals surface area contributed by atoms with Gasteiger partial charge >= 0.3 is 14.2 Å². The Balaban J connectivity index is 0.000000423. The van der Waals surface area contributed by atoms with Crippen molar-refractivity contribution in [1.82, 2.24) is 29.1 Å². The molecule has 6 aromatic carbocycles. The predicted molar refractivity (Wildman–Crippen MR) is 470 cm³/mol. The van der Waals surface area contributed by atoms with Gasteiger partial charge in [-0.05, 0) is 310 Å². The average molecular weight is 2020 g/mol. The van der Waals surface area contributed by atoms with Crippen LogP contribution >= 0.6 is 125 Å². The van der Waals surface area contributed by atoms with Crippen molar-refractivity contribution in [2.45, 2.75) is 194 Å². The smallest absolute Gasteiger partial charge is 0.427 e. The number of aromatic nitrogens is 6. The van der Waals surface area contributed by atoms with Gasteiger partial charge in [0.1, 0.15) is 48.4 Å². The summed E-state index contributed by atoms with van der Waals surface area (Å²) in [5, 5.41) is 22.2. The highest BCUT2D eigenvalue weighted by Gasteiger charge is 2.52. The Morgan fingerprint density at radius 3 is 1.30 bits per heavy atom. The first kappa shape index (κ1) is 98.0. The van der Waals surface area contributed by atoms with Crippen LogP contribution in [0.15, 0.2) is 138 Å². The molecule has 106 heavy (non-hydrogen) atoms. The molecule has 12 nitrogen and oxygen atoms in total. The van der Waals surface area contributed by atoms with Crippen molar-refractivity contribution in [3.63, 3.8) is 0 Å². The van der Waals surface area contributed by atoms with Crippen LogP contribution in [-0.2, 0) is 32.2 Å². The fraction of sp³-hybridized carbons (Fsp3) is 0.392. The van der Waals surface area contributed by atoms with E-state index in [1.54, 1.807) is 38.6 Å². The monoisotopic (exact) mass is 2020 g/mol. The van der Waals surface area contributed by atoms with Crippen LogP contribution in [0.25, 0.3) is 65.4 Å². The Hall–Kier alpha value is -4.11. The Morgan fingerprint density at radius 2 is 0.840 bits per heavy atom. The fourth-order valence-electron chi connectivity index (χ4n) is 11.5. The molecule has 27 heteroatoms. The van der Waals surface area contributed by atoms with Gasteiger partial charge in [0.15, 0.2) is 0 Å². The number of nitrogens with zero attached hydrogens (tertiary/aromatic N) is 2. The van der Waals surface area contributed by atoms with E-state index < -0.39 is 25.4 Å². The molecule has 17 rings (SSSR count). The van der Waals surface area contributed by atoms with Crippen molar-refractivity contribution in [2.24, 2.45) is 0 Å². The number of ether oxygens (including phenoxy) is 2. The summed E-state index contributed by atoms with van der Waals surface area (Å²) in [6.45, 7) is 8.99. The van der Waals surface area contributed by atoms with Gasteiger partial charge in [0.05, 0.1) is 38.8 Å². The molecule has 4 aliphatic carbocycles. The van der Waals surface area contributed by atoms with Gasteiger partial charge in [-0.2, -0.15) is 0 Å². The summed E-state index contributed by atoms with van der Waals surface area (Å²) in [6, 6.07) is 20.1. The molecule has 0 radical (unpaired) electrons. The maximum atomic E-state index is 14.2. The summed E-state index contributed by atoms with van der Waals surface area (Å²) in [4.78, 5) is 12.6. The molecule has 6 aromatic heterocycles. The number of H-pyrrole nitrogens is 4. The van der Waals surface area contributed by atoms with E-state index in [4.69, 9.17) is 28.8 Å². The van der Waals surface area contributed by atoms with Crippen molar-refractivity contribution in [2.75, 3.05) is 14.2 Å². The van der Waals surface area contributed by atoms with Crippen LogP contribution in [0.4, 0.5) is 26.3 Å². The molecular weight excluding hydrogens is 1920 g/mol. The summed E-state index contributed by atoms with van der Waals surface area (Å²) in [5.74, 6) is 0.762. The second-order valence-electron chi connectivity index (χ2n) is 25.6. The fourth-order valence-corrected chi connectivity index (χ4v) is 15.8. The molecule has 5 aliphatic rings. The molecule has 0 unspecified atom stereocenters. The van der Waals surface area contributed by atoms with Gasteiger partial charge in [-0.15, -0.1) is 0 Å². The normalized spacial score (nSPS) is 14.7. The van der Waals surface area contributed by atoms with Crippen LogP contribution in [0.1, 0.15) is 180 Å². The number of methoxy groups -OCH3 is 2. The van der Waals surface area contributed by atoms with E-state index in [0.717, 1.165) is 113 Å². The molecule has 582 valence electrons. The van der Waals surface area contributed by atoms with Crippen LogP contribution in [0.2, 0.25) is 5.82 Å². The zero-order chi connectivity index (χ0) is 69.5. The first-order valence-corrected chi connectivity index (χ1v) is 37.4. The van der Waals surface area contributed by atoms with Gasteiger partial charge in [-0.1, -0.05) is 79.7 Å². The van der Waals surface area contributed by atoms with Gasteiger partial charge < -0.3 is 57.9 Å². The summed E-state index contributed by atoms with van der Waals surface area (Å²) >= 11 is 21.1. The number of hydrogen-bond donors (Lipinski definition) is 6. The van der Waals surface area contributed by atoms with Gasteiger partial charge in [-0.3, -0.25) is 0 Å². The first-order chi connectivity index (χ1) is 46.1. The van der Waals surface area contributed by atoms with E-state index in [1.165, 1.54) is 110 Å². The van der Waals surface area contributed by atoms with Crippen molar-refractivity contribution in [3.05, 3.63) is 197 Å². The molecule has 1 aliphatic heterocycles. The lowest BCUT2D eigenvalue weighted by atomic mass is 9.77. The molecule has 0 spiro atoms. The Morgan fingerprint density at radius 1 is 0.462 bits per heavy atom. The summed E-state index contributed by atoms with van der Waals surface area (Å²) in [6.07, 6.45) is 21.0. The SMILES string of the molecule is C.C.C.C.C.C.C.C.C.CC1(C)OB(c2cc(F)cc3c(C4CC4)c[nH]c23)OC1(C)C.COCn1cc(C2CC2)c2cc(F)cc(Br)c21.COCn1cc(I)c2cc(F)cc(Br)c21.Fc1cc(Br)c2[nH]cc(C3CC3)c2c1.Fc1cc(Br)c2[nH]cc(I)c2c1.Fc1cc(Br)c2[nH]ccc2c1.OB(O)C1CC1. The van der Waals surface area contributed by atoms with Crippen molar-refractivity contribution < 1.29 is 55.2 Å². The second kappa shape index (κ2) is 41.4. The third-order valence-electron chi connectivity index (χ3n) is 17.7. The van der Waals surface area contributed by atoms with E-state index in [9.17, 15) is 26.3 Å². The second-order valence-corrected chi connectivity index (χ2v) is 32.2. The molecule has 6 N–H and O–H groups in total. The van der Waals surface area contributed by atoms with Crippen molar-refractivity contribution >= 4 is 210 Å². The van der Waals surface area contributed by atoms with Gasteiger partial charge in [0, 0.05) is 124 Å². The molecule has 0 atom stereocenters. The van der Waals surface area contributed by atoms with Crippen LogP contribution < -0.4 is 5.46 Å². The molecule has 7 heterocycles. The van der Waals surface area contributed by atoms with E-state index in [1.807, 2.05) is 67.7 Å². The number of hydrogen-bond acceptors (Lipinski definition) is 6. The highest BCUT2D eigenvalue weighted by Crippen LogP contribution is 2.47. The lowest BCUT2D eigenvalue weighted by molar-refractivity contribution is 0.00578. The standard InChI is InChI=1S/C17H21BFNO2.C13H13BrFNO.C11H9BrFN.C10H8BrFINO.C8H4BrFIN.C8H5BrFN.C3H7BO2.9CH4/c1-16(2)17(3,4)22-18(21-16)14-8-11(19)7-12-13(10-5-6-10)9-20-15(12)14;1-17-7-16-6-11(8-2-3-8)10-4-9(15)5-12(14)13(10)16;12-10-4-7(13)3-8-9(6-1-2-6)5-14-11(8)10;1-15-5-14-4-9(13)7-2-6(12)3-8(11)10(7)14;9-6-2-4(10)1-5-7(11)3-12-8(5)6;9-7-4-6(10)3-5-1-2-11-8(5)7;5-4(6)3-1-2-3;;;;;;;;;/h7-10,20H,5-6H2,1-4H3;4-6,8H,2-3,7H2,1H3;3-6,14H,1-2H2;2-4H,5H2,1H3;1-3,12H;1-4,11H;3,5-6H,1-2H2;9*1H4. The van der Waals surface area contributed by atoms with E-state index in [-0.39, 0.29) is 108 Å². The average Bonchev–Trinajstić information content (AvgIpc) is 1.60. The predicted octanol–water partition coefficient (Wildman–Crippen LogP) is 27.3. The van der Waals surface area contributed by atoms with Crippen LogP contribution in [-0.4, -0.2) is 78.8 Å². The van der Waals surface area contributed by atoms with Gasteiger partial charge in [0.2, 0.25) is 0 Å². The molecular formula is C79H103B2Br5F6I2N6O6. The lowest BCUT2D eigenvalue weighted by Crippen LogP contribution is -2.41. The number of aromatic amines is 4. The maximum absolute atomic E-state index is 14.2. The highest BCUT2D eigenvalue weighted by atomic mass is 127. The number of halogens is 13. The van der Waals surface area contributed by atoms with Crippen molar-refractivity contribution in [1.29, 1.82) is 0 Å². The largest absolute Gasteiger partial charge is 0.497 e. The number of benzene rings is 6.